The van der Waals surface area contributed by atoms with Crippen molar-refractivity contribution >= 4 is 21.6 Å². The minimum atomic E-state index is -3.56. The van der Waals surface area contributed by atoms with Crippen LogP contribution in [0.3, 0.4) is 0 Å². The van der Waals surface area contributed by atoms with Gasteiger partial charge in [0.15, 0.2) is 0 Å². The summed E-state index contributed by atoms with van der Waals surface area (Å²) in [5, 5.41) is 3.53. The zero-order chi connectivity index (χ0) is 21.5. The lowest BCUT2D eigenvalue weighted by Gasteiger charge is -2.26. The second kappa shape index (κ2) is 7.61. The predicted octanol–water partition coefficient (Wildman–Crippen LogP) is 4.43. The lowest BCUT2D eigenvalue weighted by Crippen LogP contribution is -2.37. The van der Waals surface area contributed by atoms with Crippen LogP contribution in [0.2, 0.25) is 0 Å². The van der Waals surface area contributed by atoms with Gasteiger partial charge in [0.05, 0.1) is 9.79 Å². The number of hydrogen-bond acceptors (Lipinski definition) is 5. The first kappa shape index (κ1) is 20.7. The quantitative estimate of drug-likeness (QED) is 0.766. The zero-order valence-electron chi connectivity index (χ0n) is 17.6. The molecule has 30 heavy (non-hydrogen) atoms. The predicted molar refractivity (Wildman–Crippen MR) is 116 cm³/mol. The van der Waals surface area contributed by atoms with Crippen molar-refractivity contribution in [1.29, 1.82) is 0 Å². The molecule has 0 unspecified atom stereocenters. The van der Waals surface area contributed by atoms with Crippen LogP contribution in [0.15, 0.2) is 58.3 Å². The molecule has 2 aliphatic rings. The number of benzene rings is 2. The highest BCUT2D eigenvalue weighted by molar-refractivity contribution is 7.91. The van der Waals surface area contributed by atoms with E-state index in [0.29, 0.717) is 22.9 Å². The summed E-state index contributed by atoms with van der Waals surface area (Å²) in [7, 11) is -3.56. The average Bonchev–Trinajstić information content (AvgIpc) is 2.90. The molecule has 4 rings (SSSR count). The number of rotatable bonds is 2. The smallest absolute Gasteiger partial charge is 0.410 e. The van der Waals surface area contributed by atoms with Gasteiger partial charge in [-0.2, -0.15) is 0 Å². The maximum Gasteiger partial charge on any atom is 0.410 e. The Labute approximate surface area is 178 Å². The lowest BCUT2D eigenvalue weighted by molar-refractivity contribution is 0.0256. The highest BCUT2D eigenvalue weighted by atomic mass is 32.2. The molecule has 0 aliphatic carbocycles. The summed E-state index contributed by atoms with van der Waals surface area (Å²) in [5.74, 6) is 0.165. The summed E-state index contributed by atoms with van der Waals surface area (Å²) in [6, 6.07) is 14.0. The third-order valence-electron chi connectivity index (χ3n) is 5.68. The van der Waals surface area contributed by atoms with Crippen molar-refractivity contribution in [2.45, 2.75) is 61.0 Å². The Kier molecular flexibility index (Phi) is 5.26. The van der Waals surface area contributed by atoms with Gasteiger partial charge in [0.25, 0.3) is 0 Å². The van der Waals surface area contributed by atoms with Crippen molar-refractivity contribution in [2.75, 3.05) is 18.4 Å². The second-order valence-electron chi connectivity index (χ2n) is 8.97. The first-order valence-electron chi connectivity index (χ1n) is 10.3. The van der Waals surface area contributed by atoms with Crippen LogP contribution in [0.1, 0.15) is 45.1 Å². The van der Waals surface area contributed by atoms with Gasteiger partial charge in [-0.25, -0.2) is 13.2 Å². The van der Waals surface area contributed by atoms with E-state index in [4.69, 9.17) is 4.74 Å². The van der Waals surface area contributed by atoms with Gasteiger partial charge in [-0.3, -0.25) is 0 Å². The number of anilines is 1. The molecule has 2 atom stereocenters. The molecule has 2 heterocycles. The van der Waals surface area contributed by atoms with Crippen molar-refractivity contribution in [3.63, 3.8) is 0 Å². The van der Waals surface area contributed by atoms with Crippen LogP contribution in [-0.4, -0.2) is 44.1 Å². The molecule has 1 N–H and O–H groups in total. The molecule has 2 aromatic rings. The van der Waals surface area contributed by atoms with E-state index in [0.717, 1.165) is 24.1 Å². The summed E-state index contributed by atoms with van der Waals surface area (Å²) in [6.07, 6.45) is 1.26. The molecule has 0 saturated carbocycles. The Hall–Kier alpha value is -2.54. The normalized spacial score (nSPS) is 21.2. The van der Waals surface area contributed by atoms with Gasteiger partial charge >= 0.3 is 6.09 Å². The van der Waals surface area contributed by atoms with Crippen LogP contribution in [0.25, 0.3) is 0 Å². The van der Waals surface area contributed by atoms with E-state index in [2.05, 4.69) is 5.32 Å². The average molecular weight is 429 g/mol. The molecule has 1 fully saturated rings. The Morgan fingerprint density at radius 1 is 1.03 bits per heavy atom. The molecule has 6 nitrogen and oxygen atoms in total. The number of hydrogen-bond donors (Lipinski definition) is 1. The zero-order valence-corrected chi connectivity index (χ0v) is 18.4. The summed E-state index contributed by atoms with van der Waals surface area (Å²) >= 11 is 0. The standard InChI is InChI=1S/C23H28N2O4S/c1-23(2,3)29-22(26)25-13-11-18-19-15-17(9-10-20(19)24-21(18)12-14-25)30(27,28)16-7-5-4-6-8-16/h4-10,15,18,21,24H,11-14H2,1-3H3/t18-,21+/m0/s1. The second-order valence-corrected chi connectivity index (χ2v) is 10.9. The van der Waals surface area contributed by atoms with Crippen molar-refractivity contribution in [3.8, 4) is 0 Å². The minimum Gasteiger partial charge on any atom is -0.444 e. The molecule has 0 spiro atoms. The Bertz CT molecular complexity index is 1040. The highest BCUT2D eigenvalue weighted by Crippen LogP contribution is 2.42. The number of ether oxygens (including phenoxy) is 1. The number of nitrogens with one attached hydrogen (secondary N) is 1. The summed E-state index contributed by atoms with van der Waals surface area (Å²) in [6.45, 7) is 6.80. The number of likely N-dealkylation sites (tertiary alicyclic amines) is 1. The fourth-order valence-electron chi connectivity index (χ4n) is 4.24. The van der Waals surface area contributed by atoms with Crippen LogP contribution < -0.4 is 5.32 Å². The van der Waals surface area contributed by atoms with E-state index in [1.54, 1.807) is 47.4 Å². The first-order chi connectivity index (χ1) is 14.1. The molecule has 7 heteroatoms. The topological polar surface area (TPSA) is 75.7 Å². The Balaban J connectivity index is 1.57. The van der Waals surface area contributed by atoms with Gasteiger partial charge in [-0.05, 0) is 69.5 Å². The summed E-state index contributed by atoms with van der Waals surface area (Å²) in [4.78, 5) is 14.8. The van der Waals surface area contributed by atoms with E-state index in [1.807, 2.05) is 26.8 Å². The SMILES string of the molecule is CC(C)(C)OC(=O)N1CC[C@H]2Nc3ccc(S(=O)(=O)c4ccccc4)cc3[C@@H]2CC1. The van der Waals surface area contributed by atoms with Gasteiger partial charge in [0, 0.05) is 30.7 Å². The van der Waals surface area contributed by atoms with E-state index >= 15 is 0 Å². The highest BCUT2D eigenvalue weighted by Gasteiger charge is 2.37. The van der Waals surface area contributed by atoms with Gasteiger partial charge in [-0.1, -0.05) is 18.2 Å². The monoisotopic (exact) mass is 428 g/mol. The number of fused-ring (bicyclic) bond motifs is 3. The maximum atomic E-state index is 13.0. The molecule has 0 bridgehead atoms. The molecule has 1 amide bonds. The Morgan fingerprint density at radius 2 is 1.73 bits per heavy atom. The van der Waals surface area contributed by atoms with E-state index in [9.17, 15) is 13.2 Å². The molecule has 0 radical (unpaired) electrons. The number of nitrogens with zero attached hydrogens (tertiary/aromatic N) is 1. The number of carbonyl (C=O) groups excluding carboxylic acids is 1. The number of sulfone groups is 1. The van der Waals surface area contributed by atoms with Gasteiger partial charge < -0.3 is 15.0 Å². The van der Waals surface area contributed by atoms with Crippen LogP contribution in [0, 0.1) is 0 Å². The molecule has 2 aliphatic heterocycles. The van der Waals surface area contributed by atoms with Crippen molar-refractivity contribution < 1.29 is 17.9 Å². The molecule has 2 aromatic carbocycles. The Morgan fingerprint density at radius 3 is 2.43 bits per heavy atom. The molecular formula is C23H28N2O4S. The van der Waals surface area contributed by atoms with E-state index in [-0.39, 0.29) is 18.1 Å². The van der Waals surface area contributed by atoms with Crippen molar-refractivity contribution in [2.24, 2.45) is 0 Å². The van der Waals surface area contributed by atoms with E-state index < -0.39 is 15.4 Å². The molecule has 160 valence electrons. The summed E-state index contributed by atoms with van der Waals surface area (Å²) < 4.78 is 31.6. The summed E-state index contributed by atoms with van der Waals surface area (Å²) in [5.41, 5.74) is 1.48. The maximum absolute atomic E-state index is 13.0. The molecule has 1 saturated heterocycles. The minimum absolute atomic E-state index is 0.165. The van der Waals surface area contributed by atoms with Crippen LogP contribution >= 0.6 is 0 Å². The third-order valence-corrected chi connectivity index (χ3v) is 7.45. The fourth-order valence-corrected chi connectivity index (χ4v) is 5.56. The largest absolute Gasteiger partial charge is 0.444 e. The van der Waals surface area contributed by atoms with Crippen molar-refractivity contribution in [1.82, 2.24) is 4.90 Å². The third kappa shape index (κ3) is 4.03. The lowest BCUT2D eigenvalue weighted by atomic mass is 9.91. The first-order valence-corrected chi connectivity index (χ1v) is 11.8. The van der Waals surface area contributed by atoms with Gasteiger partial charge in [-0.15, -0.1) is 0 Å². The molecular weight excluding hydrogens is 400 g/mol. The van der Waals surface area contributed by atoms with E-state index in [1.165, 1.54) is 0 Å². The van der Waals surface area contributed by atoms with Gasteiger partial charge in [0.2, 0.25) is 9.84 Å². The number of amides is 1. The van der Waals surface area contributed by atoms with Crippen LogP contribution in [0.5, 0.6) is 0 Å². The van der Waals surface area contributed by atoms with Gasteiger partial charge in [0.1, 0.15) is 5.60 Å². The van der Waals surface area contributed by atoms with Crippen LogP contribution in [0.4, 0.5) is 10.5 Å². The fraction of sp³-hybridized carbons (Fsp3) is 0.435. The molecule has 0 aromatic heterocycles. The number of carbonyl (C=O) groups is 1. The van der Waals surface area contributed by atoms with Crippen molar-refractivity contribution in [3.05, 3.63) is 54.1 Å². The van der Waals surface area contributed by atoms with Crippen LogP contribution in [-0.2, 0) is 14.6 Å².